The van der Waals surface area contributed by atoms with Gasteiger partial charge in [0, 0.05) is 37.6 Å². The Morgan fingerprint density at radius 3 is 2.60 bits per heavy atom. The third-order valence-corrected chi connectivity index (χ3v) is 2.22. The summed E-state index contributed by atoms with van der Waals surface area (Å²) in [6.07, 6.45) is 4.77. The van der Waals surface area contributed by atoms with Crippen molar-refractivity contribution in [2.75, 3.05) is 13.1 Å². The highest BCUT2D eigenvalue weighted by Gasteiger charge is 2.20. The molecule has 0 aliphatic carbocycles. The van der Waals surface area contributed by atoms with Crippen LogP contribution in [0.2, 0.25) is 0 Å². The molecule has 15 heavy (non-hydrogen) atoms. The van der Waals surface area contributed by atoms with E-state index in [4.69, 9.17) is 4.89 Å². The van der Waals surface area contributed by atoms with E-state index in [1.807, 2.05) is 0 Å². The molecule has 0 spiro atoms. The lowest BCUT2D eigenvalue weighted by molar-refractivity contribution is -0.152. The summed E-state index contributed by atoms with van der Waals surface area (Å²) in [5.74, 6) is 0.470. The second-order valence-corrected chi connectivity index (χ2v) is 3.31. The molecule has 0 saturated carbocycles. The maximum atomic E-state index is 11.4. The molecule has 2 heterocycles. The van der Waals surface area contributed by atoms with Crippen LogP contribution in [0.5, 0.6) is 5.75 Å². The fourth-order valence-corrected chi connectivity index (χ4v) is 1.43. The van der Waals surface area contributed by atoms with Crippen molar-refractivity contribution < 1.29 is 14.6 Å². The minimum atomic E-state index is -0.427. The number of amides is 1. The van der Waals surface area contributed by atoms with E-state index in [0.29, 0.717) is 5.75 Å². The van der Waals surface area contributed by atoms with Gasteiger partial charge in [0.25, 0.3) is 0 Å². The monoisotopic (exact) mass is 208 g/mol. The summed E-state index contributed by atoms with van der Waals surface area (Å²) in [5, 5.41) is 0. The Balaban J connectivity index is 1.80. The number of pyridine rings is 1. The fourth-order valence-electron chi connectivity index (χ4n) is 1.43. The standard InChI is InChI=1S/C10H12N2O3/c13-10(12-7-1-2-8-12)15-14-9-3-5-11-6-4-9/h3-6H,1-2,7-8H2. The average Bonchev–Trinajstić information content (AvgIpc) is 2.81. The van der Waals surface area contributed by atoms with Gasteiger partial charge in [-0.15, -0.1) is 0 Å². The van der Waals surface area contributed by atoms with Crippen LogP contribution in [0.4, 0.5) is 4.79 Å². The summed E-state index contributed by atoms with van der Waals surface area (Å²) in [6.45, 7) is 1.50. The van der Waals surface area contributed by atoms with Crippen LogP contribution in [0.1, 0.15) is 12.8 Å². The summed E-state index contributed by atoms with van der Waals surface area (Å²) < 4.78 is 0. The molecule has 0 atom stereocenters. The van der Waals surface area contributed by atoms with Crippen molar-refractivity contribution in [2.45, 2.75) is 12.8 Å². The van der Waals surface area contributed by atoms with Crippen LogP contribution in [0.15, 0.2) is 24.5 Å². The Bertz CT molecular complexity index is 323. The third kappa shape index (κ3) is 2.59. The van der Waals surface area contributed by atoms with E-state index in [0.717, 1.165) is 25.9 Å². The lowest BCUT2D eigenvalue weighted by Gasteiger charge is -2.13. The number of carbonyl (C=O) groups excluding carboxylic acids is 1. The molecule has 1 amide bonds. The molecule has 0 aromatic carbocycles. The van der Waals surface area contributed by atoms with Crippen molar-refractivity contribution in [1.29, 1.82) is 0 Å². The molecule has 1 aliphatic heterocycles. The van der Waals surface area contributed by atoms with Gasteiger partial charge in [-0.25, -0.2) is 9.68 Å². The largest absolute Gasteiger partial charge is 0.452 e. The van der Waals surface area contributed by atoms with Gasteiger partial charge in [0.15, 0.2) is 5.75 Å². The maximum Gasteiger partial charge on any atom is 0.452 e. The van der Waals surface area contributed by atoms with Crippen molar-refractivity contribution in [3.8, 4) is 5.75 Å². The van der Waals surface area contributed by atoms with Gasteiger partial charge in [0.2, 0.25) is 0 Å². The molecule has 0 radical (unpaired) electrons. The van der Waals surface area contributed by atoms with Gasteiger partial charge in [-0.1, -0.05) is 0 Å². The molecule has 2 rings (SSSR count). The summed E-state index contributed by atoms with van der Waals surface area (Å²) in [6, 6.07) is 3.24. The molecule has 1 saturated heterocycles. The average molecular weight is 208 g/mol. The van der Waals surface area contributed by atoms with Crippen molar-refractivity contribution in [1.82, 2.24) is 9.88 Å². The van der Waals surface area contributed by atoms with Gasteiger partial charge >= 0.3 is 6.09 Å². The lowest BCUT2D eigenvalue weighted by atomic mass is 10.4. The Labute approximate surface area is 87.5 Å². The van der Waals surface area contributed by atoms with E-state index in [9.17, 15) is 4.79 Å². The number of nitrogens with zero attached hydrogens (tertiary/aromatic N) is 2. The fraction of sp³-hybridized carbons (Fsp3) is 0.400. The summed E-state index contributed by atoms with van der Waals surface area (Å²) in [7, 11) is 0. The highest BCUT2D eigenvalue weighted by Crippen LogP contribution is 2.11. The first-order valence-corrected chi connectivity index (χ1v) is 4.90. The molecule has 0 bridgehead atoms. The van der Waals surface area contributed by atoms with Gasteiger partial charge < -0.3 is 4.90 Å². The van der Waals surface area contributed by atoms with Crippen LogP contribution in [0.3, 0.4) is 0 Å². The zero-order valence-electron chi connectivity index (χ0n) is 8.26. The van der Waals surface area contributed by atoms with E-state index >= 15 is 0 Å². The number of likely N-dealkylation sites (tertiary alicyclic amines) is 1. The molecule has 80 valence electrons. The van der Waals surface area contributed by atoms with Gasteiger partial charge in [-0.3, -0.25) is 9.87 Å². The van der Waals surface area contributed by atoms with E-state index < -0.39 is 6.09 Å². The Kier molecular flexibility index (Phi) is 3.02. The quantitative estimate of drug-likeness (QED) is 0.547. The van der Waals surface area contributed by atoms with Crippen molar-refractivity contribution >= 4 is 6.09 Å². The van der Waals surface area contributed by atoms with Gasteiger partial charge in [0.05, 0.1) is 0 Å². The predicted molar refractivity (Wildman–Crippen MR) is 52.2 cm³/mol. The molecule has 0 unspecified atom stereocenters. The van der Waals surface area contributed by atoms with Gasteiger partial charge in [-0.2, -0.15) is 0 Å². The molecule has 1 fully saturated rings. The predicted octanol–water partition coefficient (Wildman–Crippen LogP) is 1.61. The first kappa shape index (κ1) is 9.76. The Morgan fingerprint density at radius 1 is 1.27 bits per heavy atom. The zero-order valence-corrected chi connectivity index (χ0v) is 8.26. The molecule has 1 aliphatic rings. The van der Waals surface area contributed by atoms with E-state index in [2.05, 4.69) is 9.87 Å². The second-order valence-electron chi connectivity index (χ2n) is 3.31. The van der Waals surface area contributed by atoms with E-state index in [1.165, 1.54) is 0 Å². The number of hydrogen-bond acceptors (Lipinski definition) is 4. The van der Waals surface area contributed by atoms with Crippen LogP contribution in [-0.4, -0.2) is 29.1 Å². The molecule has 1 aromatic rings. The SMILES string of the molecule is O=C(OOc1ccncc1)N1CCCC1. The van der Waals surface area contributed by atoms with Crippen molar-refractivity contribution in [3.05, 3.63) is 24.5 Å². The van der Waals surface area contributed by atoms with Crippen LogP contribution in [-0.2, 0) is 4.89 Å². The highest BCUT2D eigenvalue weighted by molar-refractivity contribution is 5.67. The Morgan fingerprint density at radius 2 is 1.93 bits per heavy atom. The van der Waals surface area contributed by atoms with Gasteiger partial charge in [-0.05, 0) is 12.8 Å². The molecule has 5 nitrogen and oxygen atoms in total. The molecule has 0 N–H and O–H groups in total. The minimum Gasteiger partial charge on any atom is -0.305 e. The molecule has 1 aromatic heterocycles. The summed E-state index contributed by atoms with van der Waals surface area (Å²) in [4.78, 5) is 26.3. The Hall–Kier alpha value is -1.78. The first-order valence-electron chi connectivity index (χ1n) is 4.90. The van der Waals surface area contributed by atoms with Crippen molar-refractivity contribution in [3.63, 3.8) is 0 Å². The molecule has 5 heteroatoms. The number of hydrogen-bond donors (Lipinski definition) is 0. The topological polar surface area (TPSA) is 51.7 Å². The van der Waals surface area contributed by atoms with E-state index in [-0.39, 0.29) is 0 Å². The third-order valence-electron chi connectivity index (χ3n) is 2.22. The molecular weight excluding hydrogens is 196 g/mol. The number of carbonyl (C=O) groups is 1. The maximum absolute atomic E-state index is 11.4. The smallest absolute Gasteiger partial charge is 0.305 e. The van der Waals surface area contributed by atoms with Crippen LogP contribution in [0.25, 0.3) is 0 Å². The second kappa shape index (κ2) is 4.63. The van der Waals surface area contributed by atoms with Crippen LogP contribution in [0, 0.1) is 0 Å². The summed E-state index contributed by atoms with van der Waals surface area (Å²) in [5.41, 5.74) is 0. The highest BCUT2D eigenvalue weighted by atomic mass is 17.2. The lowest BCUT2D eigenvalue weighted by Crippen LogP contribution is -2.29. The summed E-state index contributed by atoms with van der Waals surface area (Å²) >= 11 is 0. The first-order chi connectivity index (χ1) is 7.36. The number of rotatable bonds is 2. The molecular formula is C10H12N2O3. The zero-order chi connectivity index (χ0) is 10.5. The van der Waals surface area contributed by atoms with Crippen LogP contribution < -0.4 is 4.89 Å². The van der Waals surface area contributed by atoms with Crippen LogP contribution >= 0.6 is 0 Å². The van der Waals surface area contributed by atoms with Crippen molar-refractivity contribution in [2.24, 2.45) is 0 Å². The van der Waals surface area contributed by atoms with E-state index in [1.54, 1.807) is 29.4 Å². The normalized spacial score (nSPS) is 15.1. The minimum absolute atomic E-state index is 0.427. The van der Waals surface area contributed by atoms with Gasteiger partial charge in [0.1, 0.15) is 0 Å². The number of aromatic nitrogens is 1.